The van der Waals surface area contributed by atoms with Gasteiger partial charge in [0.2, 0.25) is 17.5 Å². The number of allylic oxidation sites excluding steroid dienone is 1. The Labute approximate surface area is 207 Å². The fourth-order valence-corrected chi connectivity index (χ4v) is 2.41. The van der Waals surface area contributed by atoms with Crippen LogP contribution in [0.15, 0.2) is 11.8 Å². The minimum absolute atomic E-state index is 2.58. The van der Waals surface area contributed by atoms with Crippen LogP contribution in [-0.2, 0) is 0 Å². The second-order valence-corrected chi connectivity index (χ2v) is 7.21. The number of hydrogen-bond donors (Lipinski definition) is 0. The first-order chi connectivity index (χ1) is 17.4. The van der Waals surface area contributed by atoms with Crippen LogP contribution in [0.4, 0.5) is 92.2 Å². The van der Waals surface area contributed by atoms with E-state index in [0.29, 0.717) is 0 Å². The van der Waals surface area contributed by atoms with Gasteiger partial charge in [0.05, 0.1) is 0 Å². The number of benzene rings is 1. The van der Waals surface area contributed by atoms with Gasteiger partial charge in [0.1, 0.15) is 5.56 Å². The maximum atomic E-state index is 13.7. The molecule has 0 N–H and O–H groups in total. The minimum atomic E-state index is -8.89. The van der Waals surface area contributed by atoms with Crippen molar-refractivity contribution in [2.24, 2.45) is 0 Å². The molecule has 0 amide bonds. The van der Waals surface area contributed by atoms with Gasteiger partial charge in [0.15, 0.2) is 17.4 Å². The Hall–Kier alpha value is -2.75. The lowest BCUT2D eigenvalue weighted by atomic mass is 9.91. The third-order valence-corrected chi connectivity index (χ3v) is 4.58. The molecule has 40 heavy (non-hydrogen) atoms. The maximum absolute atomic E-state index is 13.7. The topological polar surface area (TPSA) is 26.3 Å². The van der Waals surface area contributed by atoms with Crippen molar-refractivity contribution in [1.82, 2.24) is 0 Å². The highest BCUT2D eigenvalue weighted by Gasteiger charge is 2.93. The molecule has 1 aromatic rings. The van der Waals surface area contributed by atoms with E-state index in [4.69, 9.17) is 0 Å². The van der Waals surface area contributed by atoms with Crippen molar-refractivity contribution in [3.8, 4) is 5.75 Å². The lowest BCUT2D eigenvalue weighted by molar-refractivity contribution is -0.451. The molecular weight excluding hydrogens is 659 g/mol. The van der Waals surface area contributed by atoms with E-state index in [1.165, 1.54) is 0 Å². The van der Waals surface area contributed by atoms with E-state index < -0.39 is 93.4 Å². The van der Waals surface area contributed by atoms with E-state index in [9.17, 15) is 97.0 Å². The highest BCUT2D eigenvalue weighted by Crippen LogP contribution is 2.63. The first kappa shape index (κ1) is 35.3. The second-order valence-electron chi connectivity index (χ2n) is 6.87. The summed E-state index contributed by atoms with van der Waals surface area (Å²) in [5, 5.41) is -2.59. The van der Waals surface area contributed by atoms with Gasteiger partial charge in [0, 0.05) is 0 Å². The Balaban J connectivity index is 3.83. The van der Waals surface area contributed by atoms with Gasteiger partial charge in [-0.25, -0.2) is 13.2 Å². The highest BCUT2D eigenvalue weighted by molar-refractivity contribution is 6.68. The summed E-state index contributed by atoms with van der Waals surface area (Å²) in [5.41, 5.74) is -2.58. The lowest BCUT2D eigenvalue weighted by Crippen LogP contribution is -2.72. The summed E-state index contributed by atoms with van der Waals surface area (Å²) < 4.78 is 280. The zero-order valence-corrected chi connectivity index (χ0v) is 17.9. The average molecular weight is 659 g/mol. The van der Waals surface area contributed by atoms with Gasteiger partial charge >= 0.3 is 47.7 Å². The number of carbonyl (C=O) groups is 1. The van der Waals surface area contributed by atoms with Crippen molar-refractivity contribution in [1.29, 1.82) is 0 Å². The van der Waals surface area contributed by atoms with Crippen LogP contribution in [0.5, 0.6) is 5.75 Å². The van der Waals surface area contributed by atoms with Crippen LogP contribution in [0.1, 0.15) is 10.4 Å². The van der Waals surface area contributed by atoms with E-state index in [1.54, 1.807) is 0 Å². The molecular formula is C16ClF21O2. The van der Waals surface area contributed by atoms with Crippen LogP contribution in [0.3, 0.4) is 0 Å². The molecule has 24 heteroatoms. The van der Waals surface area contributed by atoms with Gasteiger partial charge in [0.25, 0.3) is 5.24 Å². The van der Waals surface area contributed by atoms with Gasteiger partial charge < -0.3 is 4.74 Å². The van der Waals surface area contributed by atoms with Crippen molar-refractivity contribution >= 4 is 16.8 Å². The Bertz CT molecular complexity index is 1210. The standard InChI is InChI=1S/C16ClF21O2/c17-8(39)1-2(18)3(19)4(20)5(21)6(1)40-9(23)7(22)10(24,25)11(26,27)12(28,29)13(30,31)14(32,33)15(34,35)16(36,37)38. The molecule has 0 fully saturated rings. The number of hydrogen-bond acceptors (Lipinski definition) is 2. The monoisotopic (exact) mass is 658 g/mol. The average Bonchev–Trinajstić information content (AvgIpc) is 2.78. The number of halogens is 22. The number of alkyl halides is 15. The SMILES string of the molecule is O=C(Cl)c1c(F)c(F)c(F)c(F)c1OC(F)=C(F)C(F)(F)C(F)(F)C(F)(F)C(F)(F)C(F)(F)C(F)(F)C(F)(F)F. The molecule has 230 valence electrons. The Morgan fingerprint density at radius 3 is 1.27 bits per heavy atom. The van der Waals surface area contributed by atoms with Gasteiger partial charge in [-0.3, -0.25) is 4.79 Å². The van der Waals surface area contributed by atoms with E-state index in [2.05, 4.69) is 16.3 Å². The molecule has 0 aliphatic heterocycles. The molecule has 0 aromatic heterocycles. The van der Waals surface area contributed by atoms with Crippen LogP contribution < -0.4 is 4.74 Å². The number of rotatable bonds is 9. The third kappa shape index (κ3) is 4.76. The smallest absolute Gasteiger partial charge is 0.425 e. The van der Waals surface area contributed by atoms with Gasteiger partial charge in [-0.15, -0.1) is 0 Å². The lowest BCUT2D eigenvalue weighted by Gasteiger charge is -2.41. The van der Waals surface area contributed by atoms with E-state index in [-0.39, 0.29) is 0 Å². The van der Waals surface area contributed by atoms with Gasteiger partial charge in [-0.05, 0) is 11.6 Å². The molecule has 1 rings (SSSR count). The minimum Gasteiger partial charge on any atom is -0.425 e. The largest absolute Gasteiger partial charge is 0.460 e. The van der Waals surface area contributed by atoms with Gasteiger partial charge in [-0.1, -0.05) is 0 Å². The van der Waals surface area contributed by atoms with Crippen molar-refractivity contribution < 1.29 is 102 Å². The molecule has 0 radical (unpaired) electrons. The third-order valence-electron chi connectivity index (χ3n) is 4.39. The molecule has 0 saturated heterocycles. The fourth-order valence-electron chi connectivity index (χ4n) is 2.25. The van der Waals surface area contributed by atoms with Crippen molar-refractivity contribution in [3.05, 3.63) is 40.7 Å². The zero-order valence-electron chi connectivity index (χ0n) is 17.1. The Morgan fingerprint density at radius 2 is 0.900 bits per heavy atom. The zero-order chi connectivity index (χ0) is 32.4. The summed E-state index contributed by atoms with van der Waals surface area (Å²) in [6, 6.07) is -4.36. The first-order valence-corrected chi connectivity index (χ1v) is 8.90. The van der Waals surface area contributed by atoms with Crippen LogP contribution in [0.2, 0.25) is 0 Å². The van der Waals surface area contributed by atoms with Gasteiger partial charge in [-0.2, -0.15) is 79.0 Å². The molecule has 1 aromatic carbocycles. The summed E-state index contributed by atoms with van der Waals surface area (Å²) in [4.78, 5) is 11.0. The molecule has 2 nitrogen and oxygen atoms in total. The molecule has 0 spiro atoms. The maximum Gasteiger partial charge on any atom is 0.460 e. The number of ether oxygens (including phenoxy) is 1. The molecule has 0 heterocycles. The first-order valence-electron chi connectivity index (χ1n) is 8.52. The molecule has 0 aliphatic rings. The quantitative estimate of drug-likeness (QED) is 0.0875. The second kappa shape index (κ2) is 9.96. The van der Waals surface area contributed by atoms with E-state index in [1.807, 2.05) is 0 Å². The fraction of sp³-hybridized carbons (Fsp3) is 0.438. The normalized spacial score (nSPS) is 15.2. The van der Waals surface area contributed by atoms with Crippen LogP contribution in [-0.4, -0.2) is 47.0 Å². The molecule has 0 atom stereocenters. The molecule has 0 bridgehead atoms. The van der Waals surface area contributed by atoms with Crippen molar-refractivity contribution in [2.45, 2.75) is 41.7 Å². The summed E-state index contributed by atoms with van der Waals surface area (Å²) in [5.74, 6) is -72.0. The molecule has 0 unspecified atom stereocenters. The highest BCUT2D eigenvalue weighted by atomic mass is 35.5. The summed E-state index contributed by atoms with van der Waals surface area (Å²) in [6.45, 7) is 0. The summed E-state index contributed by atoms with van der Waals surface area (Å²) >= 11 is 4.55. The predicted molar refractivity (Wildman–Crippen MR) is 82.1 cm³/mol. The molecule has 0 saturated carbocycles. The van der Waals surface area contributed by atoms with Crippen LogP contribution in [0, 0.1) is 23.3 Å². The van der Waals surface area contributed by atoms with Crippen LogP contribution >= 0.6 is 11.6 Å². The van der Waals surface area contributed by atoms with E-state index >= 15 is 0 Å². The Morgan fingerprint density at radius 1 is 0.550 bits per heavy atom. The van der Waals surface area contributed by atoms with Crippen molar-refractivity contribution in [2.75, 3.05) is 0 Å². The summed E-state index contributed by atoms with van der Waals surface area (Å²) in [7, 11) is 0. The van der Waals surface area contributed by atoms with Crippen LogP contribution in [0.25, 0.3) is 0 Å². The van der Waals surface area contributed by atoms with Crippen molar-refractivity contribution in [3.63, 3.8) is 0 Å². The number of carbonyl (C=O) groups excluding carboxylic acids is 1. The molecule has 0 aliphatic carbocycles. The van der Waals surface area contributed by atoms with E-state index in [0.717, 1.165) is 0 Å². The predicted octanol–water partition coefficient (Wildman–Crippen LogP) is 8.48. The Kier molecular flexibility index (Phi) is 8.78. The summed E-state index contributed by atoms with van der Waals surface area (Å²) in [6.07, 6.45) is -7.94.